The van der Waals surface area contributed by atoms with Crippen LogP contribution in [0.2, 0.25) is 0 Å². The maximum absolute atomic E-state index is 14.2. The molecule has 1 saturated heterocycles. The summed E-state index contributed by atoms with van der Waals surface area (Å²) in [6.07, 6.45) is -1.02. The second-order valence-electron chi connectivity index (χ2n) is 4.57. The Labute approximate surface area is 101 Å². The molecule has 1 aromatic carbocycles. The Morgan fingerprint density at radius 3 is 2.82 bits per heavy atom. The number of ether oxygens (including phenoxy) is 1. The summed E-state index contributed by atoms with van der Waals surface area (Å²) in [5.74, 6) is 0. The van der Waals surface area contributed by atoms with Crippen molar-refractivity contribution in [1.82, 2.24) is 4.90 Å². The third-order valence-electron chi connectivity index (χ3n) is 3.24. The van der Waals surface area contributed by atoms with E-state index in [1.54, 1.807) is 0 Å². The number of aliphatic hydroxyl groups is 1. The Balaban J connectivity index is 1.94. The minimum absolute atomic E-state index is 0.219. The van der Waals surface area contributed by atoms with Crippen molar-refractivity contribution in [3.8, 4) is 0 Å². The van der Waals surface area contributed by atoms with E-state index in [-0.39, 0.29) is 6.54 Å². The first-order valence-corrected chi connectivity index (χ1v) is 5.80. The van der Waals surface area contributed by atoms with Gasteiger partial charge in [0.05, 0.1) is 0 Å². The van der Waals surface area contributed by atoms with Crippen LogP contribution in [0.5, 0.6) is 0 Å². The van der Waals surface area contributed by atoms with Crippen molar-refractivity contribution in [3.05, 3.63) is 35.9 Å². The lowest BCUT2D eigenvalue weighted by molar-refractivity contribution is -0.162. The molecule has 2 atom stereocenters. The number of hydrogen-bond acceptors (Lipinski definition) is 3. The van der Waals surface area contributed by atoms with Gasteiger partial charge in [0.2, 0.25) is 0 Å². The second-order valence-corrected chi connectivity index (χ2v) is 4.57. The van der Waals surface area contributed by atoms with Gasteiger partial charge in [-0.25, -0.2) is 4.39 Å². The molecule has 1 N–H and O–H groups in total. The fourth-order valence-corrected chi connectivity index (χ4v) is 2.26. The van der Waals surface area contributed by atoms with Gasteiger partial charge < -0.3 is 9.84 Å². The van der Waals surface area contributed by atoms with Crippen LogP contribution in [-0.2, 0) is 11.3 Å². The third kappa shape index (κ3) is 2.83. The van der Waals surface area contributed by atoms with E-state index in [2.05, 4.69) is 4.74 Å². The molecule has 17 heavy (non-hydrogen) atoms. The normalized spacial score (nSPS) is 27.2. The number of aliphatic hydroxyl groups excluding tert-OH is 1. The Hall–Kier alpha value is -0.970. The van der Waals surface area contributed by atoms with Crippen LogP contribution in [-0.4, -0.2) is 42.2 Å². The van der Waals surface area contributed by atoms with Gasteiger partial charge in [0, 0.05) is 33.2 Å². The molecule has 1 fully saturated rings. The predicted molar refractivity (Wildman–Crippen MR) is 63.2 cm³/mol. The number of alkyl halides is 1. The van der Waals surface area contributed by atoms with Crippen LogP contribution in [0.1, 0.15) is 12.0 Å². The quantitative estimate of drug-likeness (QED) is 0.809. The van der Waals surface area contributed by atoms with Crippen molar-refractivity contribution >= 4 is 0 Å². The number of hydrogen-bond donors (Lipinski definition) is 1. The van der Waals surface area contributed by atoms with Gasteiger partial charge in [0.25, 0.3) is 0 Å². The van der Waals surface area contributed by atoms with Crippen LogP contribution >= 0.6 is 0 Å². The molecule has 0 amide bonds. The number of rotatable bonds is 4. The summed E-state index contributed by atoms with van der Waals surface area (Å²) < 4.78 is 18.9. The van der Waals surface area contributed by atoms with Crippen molar-refractivity contribution in [2.24, 2.45) is 0 Å². The number of halogens is 1. The van der Waals surface area contributed by atoms with E-state index in [9.17, 15) is 9.50 Å². The van der Waals surface area contributed by atoms with Crippen molar-refractivity contribution in [2.75, 3.05) is 20.2 Å². The molecule has 3 nitrogen and oxygen atoms in total. The first kappa shape index (κ1) is 12.5. The summed E-state index contributed by atoms with van der Waals surface area (Å²) in [5.41, 5.74) is -0.479. The fraction of sp³-hybridized carbons (Fsp3) is 0.538. The van der Waals surface area contributed by atoms with Crippen LogP contribution < -0.4 is 0 Å². The summed E-state index contributed by atoms with van der Waals surface area (Å²) in [4.78, 5) is 2.00. The van der Waals surface area contributed by atoms with Gasteiger partial charge in [0.15, 0.2) is 12.0 Å². The average molecular weight is 239 g/mol. The van der Waals surface area contributed by atoms with Gasteiger partial charge in [0.1, 0.15) is 0 Å². The molecule has 0 aliphatic carbocycles. The van der Waals surface area contributed by atoms with Crippen LogP contribution in [0.3, 0.4) is 0 Å². The molecule has 0 aromatic heterocycles. The molecule has 0 saturated carbocycles. The highest BCUT2D eigenvalue weighted by molar-refractivity contribution is 5.15. The van der Waals surface area contributed by atoms with Crippen LogP contribution in [0.15, 0.2) is 30.3 Å². The number of methoxy groups -OCH3 is 1. The van der Waals surface area contributed by atoms with E-state index >= 15 is 0 Å². The zero-order chi connectivity index (χ0) is 12.3. The smallest absolute Gasteiger partial charge is 0.190 e. The molecule has 1 aliphatic rings. The van der Waals surface area contributed by atoms with Crippen molar-refractivity contribution in [1.29, 1.82) is 0 Å². The molecule has 0 bridgehead atoms. The zero-order valence-electron chi connectivity index (χ0n) is 9.97. The lowest BCUT2D eigenvalue weighted by Gasteiger charge is -2.25. The molecule has 4 heteroatoms. The van der Waals surface area contributed by atoms with Crippen LogP contribution in [0.25, 0.3) is 0 Å². The Morgan fingerprint density at radius 2 is 2.18 bits per heavy atom. The lowest BCUT2D eigenvalue weighted by atomic mass is 10.1. The number of nitrogens with zero attached hydrogens (tertiary/aromatic N) is 1. The summed E-state index contributed by atoms with van der Waals surface area (Å²) in [6, 6.07) is 9.94. The van der Waals surface area contributed by atoms with Gasteiger partial charge >= 0.3 is 0 Å². The maximum Gasteiger partial charge on any atom is 0.190 e. The molecule has 0 radical (unpaired) electrons. The van der Waals surface area contributed by atoms with Gasteiger partial charge in [-0.3, -0.25) is 4.90 Å². The maximum atomic E-state index is 14.2. The molecule has 1 aromatic rings. The standard InChI is InChI=1S/C13H18FNO2/c1-17-12(16)13(14)7-8-15(10-13)9-11-5-3-2-4-6-11/h2-6,12,16H,7-10H2,1H3/t12-,13+/m0/s1. The first-order chi connectivity index (χ1) is 8.14. The summed E-state index contributed by atoms with van der Waals surface area (Å²) >= 11 is 0. The largest absolute Gasteiger partial charge is 0.365 e. The van der Waals surface area contributed by atoms with Crippen molar-refractivity contribution in [3.63, 3.8) is 0 Å². The van der Waals surface area contributed by atoms with Crippen molar-refractivity contribution < 1.29 is 14.2 Å². The van der Waals surface area contributed by atoms with E-state index in [1.165, 1.54) is 7.11 Å². The van der Waals surface area contributed by atoms with Gasteiger partial charge in [-0.2, -0.15) is 0 Å². The molecule has 0 spiro atoms. The van der Waals surface area contributed by atoms with E-state index < -0.39 is 12.0 Å². The van der Waals surface area contributed by atoms with Gasteiger partial charge in [-0.1, -0.05) is 30.3 Å². The van der Waals surface area contributed by atoms with E-state index in [4.69, 9.17) is 0 Å². The molecule has 2 rings (SSSR count). The summed E-state index contributed by atoms with van der Waals surface area (Å²) in [7, 11) is 1.33. The topological polar surface area (TPSA) is 32.7 Å². The monoisotopic (exact) mass is 239 g/mol. The lowest BCUT2D eigenvalue weighted by Crippen LogP contribution is -2.41. The molecule has 94 valence electrons. The number of benzene rings is 1. The fourth-order valence-electron chi connectivity index (χ4n) is 2.26. The molecule has 1 heterocycles. The van der Waals surface area contributed by atoms with Crippen LogP contribution in [0.4, 0.5) is 4.39 Å². The first-order valence-electron chi connectivity index (χ1n) is 5.80. The third-order valence-corrected chi connectivity index (χ3v) is 3.24. The second kappa shape index (κ2) is 5.12. The minimum Gasteiger partial charge on any atom is -0.365 e. The predicted octanol–water partition coefficient (Wildman–Crippen LogP) is 1.57. The highest BCUT2D eigenvalue weighted by Gasteiger charge is 2.44. The minimum atomic E-state index is -1.64. The number of likely N-dealkylation sites (tertiary alicyclic amines) is 1. The average Bonchev–Trinajstić information content (AvgIpc) is 2.72. The highest BCUT2D eigenvalue weighted by atomic mass is 19.1. The Kier molecular flexibility index (Phi) is 3.76. The van der Waals surface area contributed by atoms with Gasteiger partial charge in [-0.05, 0) is 5.56 Å². The molecule has 0 unspecified atom stereocenters. The zero-order valence-corrected chi connectivity index (χ0v) is 9.97. The molecular formula is C13H18FNO2. The SMILES string of the molecule is CO[C@H](O)[C@@]1(F)CCN(Cc2ccccc2)C1. The van der Waals surface area contributed by atoms with E-state index in [0.717, 1.165) is 5.56 Å². The molecular weight excluding hydrogens is 221 g/mol. The highest BCUT2D eigenvalue weighted by Crippen LogP contribution is 2.30. The Morgan fingerprint density at radius 1 is 1.47 bits per heavy atom. The Bertz CT molecular complexity index is 360. The van der Waals surface area contributed by atoms with E-state index in [1.807, 2.05) is 35.2 Å². The van der Waals surface area contributed by atoms with Crippen molar-refractivity contribution in [2.45, 2.75) is 24.9 Å². The molecule has 1 aliphatic heterocycles. The van der Waals surface area contributed by atoms with Crippen LogP contribution in [0, 0.1) is 0 Å². The van der Waals surface area contributed by atoms with Gasteiger partial charge in [-0.15, -0.1) is 0 Å². The summed E-state index contributed by atoms with van der Waals surface area (Å²) in [6.45, 7) is 1.58. The van der Waals surface area contributed by atoms with E-state index in [0.29, 0.717) is 19.5 Å². The summed E-state index contributed by atoms with van der Waals surface area (Å²) in [5, 5.41) is 9.48.